The molecule has 19 heavy (non-hydrogen) atoms. The first-order chi connectivity index (χ1) is 9.21. The van der Waals surface area contributed by atoms with Crippen LogP contribution in [0, 0.1) is 0 Å². The number of amides is 1. The van der Waals surface area contributed by atoms with E-state index in [-0.39, 0.29) is 11.8 Å². The summed E-state index contributed by atoms with van der Waals surface area (Å²) in [4.78, 5) is 12.0. The van der Waals surface area contributed by atoms with Crippen LogP contribution in [0.15, 0.2) is 12.1 Å². The lowest BCUT2D eigenvalue weighted by Gasteiger charge is -2.11. The predicted molar refractivity (Wildman–Crippen MR) is 79.5 cm³/mol. The summed E-state index contributed by atoms with van der Waals surface area (Å²) >= 11 is 0. The average Bonchev–Trinajstić information content (AvgIpc) is 2.73. The van der Waals surface area contributed by atoms with E-state index in [2.05, 4.69) is 31.3 Å². The molecule has 3 N–H and O–H groups in total. The van der Waals surface area contributed by atoms with Gasteiger partial charge in [0, 0.05) is 5.69 Å². The third kappa shape index (κ3) is 2.81. The second-order valence-corrected chi connectivity index (χ2v) is 5.27. The van der Waals surface area contributed by atoms with Gasteiger partial charge in [0.25, 0.3) is 0 Å². The fraction of sp³-hybridized carbons (Fsp3) is 0.562. The maximum absolute atomic E-state index is 12.0. The van der Waals surface area contributed by atoms with Crippen molar-refractivity contribution in [2.45, 2.75) is 51.9 Å². The Morgan fingerprint density at radius 1 is 1.26 bits per heavy atom. The molecule has 0 aromatic heterocycles. The quantitative estimate of drug-likeness (QED) is 0.773. The predicted octanol–water partition coefficient (Wildman–Crippen LogP) is 2.98. The minimum Gasteiger partial charge on any atom is -0.330 e. The number of nitrogens with one attached hydrogen (secondary N) is 1. The highest BCUT2D eigenvalue weighted by Crippen LogP contribution is 2.38. The van der Waals surface area contributed by atoms with Crippen LogP contribution in [-0.4, -0.2) is 12.5 Å². The van der Waals surface area contributed by atoms with Crippen molar-refractivity contribution in [1.82, 2.24) is 0 Å². The highest BCUT2D eigenvalue weighted by atomic mass is 16.2. The number of unbranched alkanes of at least 4 members (excludes halogenated alkanes) is 1. The van der Waals surface area contributed by atoms with Gasteiger partial charge in [0.1, 0.15) is 0 Å². The van der Waals surface area contributed by atoms with Crippen LogP contribution >= 0.6 is 0 Å². The number of carbonyl (C=O) groups excluding carboxylic acids is 1. The molecule has 1 aromatic carbocycles. The van der Waals surface area contributed by atoms with Crippen LogP contribution in [0.5, 0.6) is 0 Å². The molecular formula is C16H24N2O. The number of aryl methyl sites for hydroxylation is 2. The number of benzene rings is 1. The van der Waals surface area contributed by atoms with Gasteiger partial charge in [-0.2, -0.15) is 0 Å². The lowest BCUT2D eigenvalue weighted by molar-refractivity contribution is -0.117. The van der Waals surface area contributed by atoms with Crippen LogP contribution in [0.25, 0.3) is 0 Å². The first-order valence-electron chi connectivity index (χ1n) is 7.37. The van der Waals surface area contributed by atoms with Crippen molar-refractivity contribution in [2.24, 2.45) is 5.73 Å². The van der Waals surface area contributed by atoms with Crippen molar-refractivity contribution in [1.29, 1.82) is 0 Å². The summed E-state index contributed by atoms with van der Waals surface area (Å²) in [5.41, 5.74) is 10.4. The van der Waals surface area contributed by atoms with Crippen molar-refractivity contribution in [3.05, 3.63) is 28.8 Å². The number of carbonyl (C=O) groups is 1. The molecule has 0 spiro atoms. The number of rotatable bonds is 6. The van der Waals surface area contributed by atoms with Gasteiger partial charge in [-0.25, -0.2) is 0 Å². The first-order valence-corrected chi connectivity index (χ1v) is 7.37. The lowest BCUT2D eigenvalue weighted by Crippen LogP contribution is -2.10. The molecule has 0 fully saturated rings. The molecule has 1 atom stereocenters. The number of nitrogens with two attached hydrogens (primary N) is 1. The average molecular weight is 260 g/mol. The van der Waals surface area contributed by atoms with E-state index in [0.29, 0.717) is 0 Å². The zero-order chi connectivity index (χ0) is 13.8. The molecule has 0 saturated heterocycles. The van der Waals surface area contributed by atoms with E-state index >= 15 is 0 Å². The topological polar surface area (TPSA) is 55.1 Å². The normalized spacial score (nSPS) is 17.4. The van der Waals surface area contributed by atoms with Crippen LogP contribution in [-0.2, 0) is 17.6 Å². The van der Waals surface area contributed by atoms with Gasteiger partial charge in [-0.3, -0.25) is 4.79 Å². The Balaban J connectivity index is 2.30. The van der Waals surface area contributed by atoms with Crippen molar-refractivity contribution >= 4 is 11.6 Å². The summed E-state index contributed by atoms with van der Waals surface area (Å²) < 4.78 is 0. The Morgan fingerprint density at radius 2 is 2.05 bits per heavy atom. The third-order valence-electron chi connectivity index (χ3n) is 3.96. The molecule has 104 valence electrons. The number of hydrogen-bond donors (Lipinski definition) is 2. The Hall–Kier alpha value is -1.35. The molecule has 0 saturated carbocycles. The maximum Gasteiger partial charge on any atom is 0.232 e. The summed E-state index contributed by atoms with van der Waals surface area (Å²) in [5, 5.41) is 3.05. The van der Waals surface area contributed by atoms with Gasteiger partial charge in [-0.05, 0) is 55.3 Å². The SMILES string of the molecule is CCc1cc(CCCCN)cc2c1NC(=O)C2CC. The van der Waals surface area contributed by atoms with E-state index in [4.69, 9.17) is 5.73 Å². The second-order valence-electron chi connectivity index (χ2n) is 5.27. The van der Waals surface area contributed by atoms with Crippen LogP contribution < -0.4 is 11.1 Å². The van der Waals surface area contributed by atoms with Crippen LogP contribution in [0.1, 0.15) is 55.7 Å². The largest absolute Gasteiger partial charge is 0.330 e. The first kappa shape index (κ1) is 14.1. The lowest BCUT2D eigenvalue weighted by atomic mass is 9.92. The highest BCUT2D eigenvalue weighted by molar-refractivity contribution is 6.03. The zero-order valence-corrected chi connectivity index (χ0v) is 12.0. The van der Waals surface area contributed by atoms with E-state index in [0.717, 1.165) is 44.3 Å². The van der Waals surface area contributed by atoms with Crippen molar-refractivity contribution in [3.8, 4) is 0 Å². The van der Waals surface area contributed by atoms with Gasteiger partial charge in [0.05, 0.1) is 5.92 Å². The Kier molecular flexibility index (Phi) is 4.59. The second kappa shape index (κ2) is 6.20. The van der Waals surface area contributed by atoms with E-state index in [1.165, 1.54) is 16.7 Å². The molecule has 0 bridgehead atoms. The highest BCUT2D eigenvalue weighted by Gasteiger charge is 2.30. The van der Waals surface area contributed by atoms with Gasteiger partial charge in [-0.1, -0.05) is 26.0 Å². The Labute approximate surface area is 115 Å². The molecule has 0 aliphatic carbocycles. The van der Waals surface area contributed by atoms with Crippen LogP contribution in [0.3, 0.4) is 0 Å². The molecule has 1 aliphatic heterocycles. The number of hydrogen-bond acceptors (Lipinski definition) is 2. The molecule has 1 unspecified atom stereocenters. The fourth-order valence-electron chi connectivity index (χ4n) is 2.88. The van der Waals surface area contributed by atoms with Gasteiger partial charge in [0.2, 0.25) is 5.91 Å². The van der Waals surface area contributed by atoms with Crippen LogP contribution in [0.2, 0.25) is 0 Å². The van der Waals surface area contributed by atoms with Gasteiger partial charge >= 0.3 is 0 Å². The maximum atomic E-state index is 12.0. The molecule has 1 aromatic rings. The van der Waals surface area contributed by atoms with Crippen molar-refractivity contribution in [2.75, 3.05) is 11.9 Å². The van der Waals surface area contributed by atoms with E-state index in [1.807, 2.05) is 0 Å². The van der Waals surface area contributed by atoms with Crippen molar-refractivity contribution < 1.29 is 4.79 Å². The Morgan fingerprint density at radius 3 is 2.68 bits per heavy atom. The third-order valence-corrected chi connectivity index (χ3v) is 3.96. The molecule has 3 heteroatoms. The molecule has 2 rings (SSSR count). The monoisotopic (exact) mass is 260 g/mol. The molecule has 1 aliphatic rings. The summed E-state index contributed by atoms with van der Waals surface area (Å²) in [5.74, 6) is 0.195. The van der Waals surface area contributed by atoms with Crippen molar-refractivity contribution in [3.63, 3.8) is 0 Å². The van der Waals surface area contributed by atoms with Crippen LogP contribution in [0.4, 0.5) is 5.69 Å². The zero-order valence-electron chi connectivity index (χ0n) is 12.0. The minimum absolute atomic E-state index is 0.0368. The standard InChI is InChI=1S/C16H24N2O/c1-3-12-9-11(7-5-6-8-17)10-14-13(4-2)16(19)18-15(12)14/h9-10,13H,3-8,17H2,1-2H3,(H,18,19). The molecular weight excluding hydrogens is 236 g/mol. The smallest absolute Gasteiger partial charge is 0.232 e. The summed E-state index contributed by atoms with van der Waals surface area (Å²) in [7, 11) is 0. The summed E-state index contributed by atoms with van der Waals surface area (Å²) in [6.45, 7) is 4.97. The van der Waals surface area contributed by atoms with Gasteiger partial charge in [0.15, 0.2) is 0 Å². The fourth-order valence-corrected chi connectivity index (χ4v) is 2.88. The summed E-state index contributed by atoms with van der Waals surface area (Å²) in [6.07, 6.45) is 5.07. The molecule has 1 amide bonds. The summed E-state index contributed by atoms with van der Waals surface area (Å²) in [6, 6.07) is 4.46. The van der Waals surface area contributed by atoms with E-state index in [9.17, 15) is 4.79 Å². The number of fused-ring (bicyclic) bond motifs is 1. The van der Waals surface area contributed by atoms with Gasteiger partial charge in [-0.15, -0.1) is 0 Å². The van der Waals surface area contributed by atoms with Gasteiger partial charge < -0.3 is 11.1 Å². The Bertz CT molecular complexity index is 468. The minimum atomic E-state index is 0.0368. The molecule has 3 nitrogen and oxygen atoms in total. The van der Waals surface area contributed by atoms with E-state index in [1.54, 1.807) is 0 Å². The van der Waals surface area contributed by atoms with E-state index < -0.39 is 0 Å². The molecule has 1 heterocycles. The number of anilines is 1. The molecule has 0 radical (unpaired) electrons.